The Labute approximate surface area is 254 Å². The molecule has 0 spiro atoms. The molecule has 2 amide bonds. The number of allylic oxidation sites excluding steroid dienone is 1. The van der Waals surface area contributed by atoms with Crippen LogP contribution in [0.3, 0.4) is 0 Å². The van der Waals surface area contributed by atoms with Crippen molar-refractivity contribution in [3.8, 4) is 11.5 Å². The third-order valence-corrected chi connectivity index (χ3v) is 8.11. The summed E-state index contributed by atoms with van der Waals surface area (Å²) in [5.74, 6) is 1.24. The number of nitrogens with two attached hydrogens (primary N) is 1. The summed E-state index contributed by atoms with van der Waals surface area (Å²) in [6.45, 7) is 5.98. The number of nitrogens with one attached hydrogen (secondary N) is 1. The zero-order valence-corrected chi connectivity index (χ0v) is 25.2. The number of carbonyl (C=O) groups excluding carboxylic acids is 1. The molecular weight excluding hydrogens is 583 g/mol. The first-order chi connectivity index (χ1) is 20.1. The highest BCUT2D eigenvalue weighted by Crippen LogP contribution is 2.47. The number of amidine groups is 1. The fourth-order valence-electron chi connectivity index (χ4n) is 5.16. The van der Waals surface area contributed by atoms with Crippen molar-refractivity contribution in [3.05, 3.63) is 80.1 Å². The summed E-state index contributed by atoms with van der Waals surface area (Å²) >= 11 is 13.4. The maximum atomic E-state index is 14.3. The summed E-state index contributed by atoms with van der Waals surface area (Å²) in [7, 11) is 2.90. The number of ether oxygens (including phenoxy) is 2. The Morgan fingerprint density at radius 1 is 1.21 bits per heavy atom. The maximum absolute atomic E-state index is 14.3. The van der Waals surface area contributed by atoms with Gasteiger partial charge in [0.1, 0.15) is 33.2 Å². The van der Waals surface area contributed by atoms with Gasteiger partial charge in [-0.15, -0.1) is 0 Å². The van der Waals surface area contributed by atoms with Crippen LogP contribution >= 0.6 is 23.2 Å². The van der Waals surface area contributed by atoms with Crippen LogP contribution in [0.1, 0.15) is 38.2 Å². The van der Waals surface area contributed by atoms with Crippen LogP contribution in [-0.4, -0.2) is 54.5 Å². The van der Waals surface area contributed by atoms with Crippen molar-refractivity contribution in [2.24, 2.45) is 10.7 Å². The number of non-ortho nitro benzene ring substituents is 1. The molecule has 1 heterocycles. The molecule has 13 heteroatoms. The molecular formula is C29H34Cl2N6O5. The molecule has 2 aliphatic rings. The van der Waals surface area contributed by atoms with Crippen molar-refractivity contribution >= 4 is 46.4 Å². The van der Waals surface area contributed by atoms with Crippen molar-refractivity contribution in [2.75, 3.05) is 25.7 Å². The second-order valence-electron chi connectivity index (χ2n) is 10.0. The average Bonchev–Trinajstić information content (AvgIpc) is 2.97. The van der Waals surface area contributed by atoms with E-state index in [1.807, 2.05) is 13.0 Å². The van der Waals surface area contributed by atoms with E-state index in [-0.39, 0.29) is 58.1 Å². The Hall–Kier alpha value is -3.80. The summed E-state index contributed by atoms with van der Waals surface area (Å²) in [4.78, 5) is 32.9. The first-order valence-corrected chi connectivity index (χ1v) is 14.2. The van der Waals surface area contributed by atoms with E-state index in [1.165, 1.54) is 36.2 Å². The lowest BCUT2D eigenvalue weighted by Crippen LogP contribution is -2.54. The summed E-state index contributed by atoms with van der Waals surface area (Å²) in [6, 6.07) is 7.09. The molecule has 42 heavy (non-hydrogen) atoms. The van der Waals surface area contributed by atoms with E-state index in [1.54, 1.807) is 18.2 Å². The molecule has 1 saturated carbocycles. The number of anilines is 1. The first-order valence-electron chi connectivity index (χ1n) is 13.5. The Kier molecular flexibility index (Phi) is 9.97. The van der Waals surface area contributed by atoms with E-state index in [0.29, 0.717) is 22.8 Å². The Morgan fingerprint density at radius 2 is 1.88 bits per heavy atom. The number of aliphatic imine (C=N–C) groups is 1. The molecule has 0 aromatic heterocycles. The number of benzene rings is 2. The number of methoxy groups -OCH3 is 2. The van der Waals surface area contributed by atoms with Crippen LogP contribution in [0, 0.1) is 10.1 Å². The minimum absolute atomic E-state index is 0.00697. The highest BCUT2D eigenvalue weighted by molar-refractivity contribution is 6.42. The summed E-state index contributed by atoms with van der Waals surface area (Å²) in [5.41, 5.74) is 7.63. The maximum Gasteiger partial charge on any atom is 0.330 e. The molecule has 11 nitrogen and oxygen atoms in total. The molecule has 2 atom stereocenters. The molecule has 1 aliphatic heterocycles. The van der Waals surface area contributed by atoms with Gasteiger partial charge in [0, 0.05) is 35.9 Å². The normalized spacial score (nSPS) is 21.0. The van der Waals surface area contributed by atoms with E-state index >= 15 is 0 Å². The first kappa shape index (κ1) is 31.1. The van der Waals surface area contributed by atoms with Gasteiger partial charge in [0.2, 0.25) is 0 Å². The van der Waals surface area contributed by atoms with Crippen molar-refractivity contribution in [1.29, 1.82) is 0 Å². The number of amides is 2. The third-order valence-electron chi connectivity index (χ3n) is 7.38. The second-order valence-corrected chi connectivity index (χ2v) is 10.8. The molecule has 224 valence electrons. The van der Waals surface area contributed by atoms with Gasteiger partial charge < -0.3 is 20.5 Å². The highest BCUT2D eigenvalue weighted by atomic mass is 35.5. The Bertz CT molecular complexity index is 1420. The fraction of sp³-hybridized carbons (Fsp3) is 0.379. The van der Waals surface area contributed by atoms with E-state index in [9.17, 15) is 14.9 Å². The lowest BCUT2D eigenvalue weighted by atomic mass is 9.91. The molecule has 1 saturated heterocycles. The van der Waals surface area contributed by atoms with Gasteiger partial charge >= 0.3 is 6.03 Å². The quantitative estimate of drug-likeness (QED) is 0.259. The van der Waals surface area contributed by atoms with Gasteiger partial charge in [-0.25, -0.2) is 9.79 Å². The van der Waals surface area contributed by atoms with Gasteiger partial charge in [-0.1, -0.05) is 60.8 Å². The average molecular weight is 618 g/mol. The van der Waals surface area contributed by atoms with Crippen molar-refractivity contribution in [1.82, 2.24) is 10.2 Å². The molecule has 2 fully saturated rings. The SMILES string of the molecule is C=C(N=C1/C(=C\C)CN(c2c(Cl)c(OC)cc(OC)c2Cl)C(=O)N1Cc1cccc([N+](=O)[O-])c1)NC1CCCCC1N. The highest BCUT2D eigenvalue weighted by Gasteiger charge is 2.38. The lowest BCUT2D eigenvalue weighted by Gasteiger charge is -2.39. The number of urea groups is 1. The van der Waals surface area contributed by atoms with Gasteiger partial charge in [-0.2, -0.15) is 0 Å². The van der Waals surface area contributed by atoms with Crippen molar-refractivity contribution < 1.29 is 19.2 Å². The predicted molar refractivity (Wildman–Crippen MR) is 165 cm³/mol. The summed E-state index contributed by atoms with van der Waals surface area (Å²) < 4.78 is 10.8. The number of carbonyl (C=O) groups is 1. The van der Waals surface area contributed by atoms with Crippen molar-refractivity contribution in [2.45, 2.75) is 51.2 Å². The van der Waals surface area contributed by atoms with Crippen LogP contribution in [0.25, 0.3) is 0 Å². The largest absolute Gasteiger partial charge is 0.495 e. The van der Waals surface area contributed by atoms with Crippen LogP contribution in [0.5, 0.6) is 11.5 Å². The van der Waals surface area contributed by atoms with Crippen molar-refractivity contribution in [3.63, 3.8) is 0 Å². The molecule has 4 rings (SSSR count). The zero-order valence-electron chi connectivity index (χ0n) is 23.7. The Balaban J connectivity index is 1.80. The number of nitro benzene ring substituents is 1. The van der Waals surface area contributed by atoms with Crippen LogP contribution < -0.4 is 25.4 Å². The molecule has 1 aliphatic carbocycles. The molecule has 2 aromatic carbocycles. The van der Waals surface area contributed by atoms with Gasteiger partial charge in [-0.3, -0.25) is 19.9 Å². The number of nitrogens with zero attached hydrogens (tertiary/aromatic N) is 4. The summed E-state index contributed by atoms with van der Waals surface area (Å²) in [6.07, 6.45) is 5.75. The molecule has 0 bridgehead atoms. The van der Waals surface area contributed by atoms with E-state index in [4.69, 9.17) is 43.4 Å². The molecule has 3 N–H and O–H groups in total. The smallest absolute Gasteiger partial charge is 0.330 e. The number of hydrogen-bond donors (Lipinski definition) is 2. The minimum atomic E-state index is -0.507. The molecule has 2 aromatic rings. The number of rotatable bonds is 9. The second kappa shape index (κ2) is 13.5. The van der Waals surface area contributed by atoms with Gasteiger partial charge in [0.25, 0.3) is 5.69 Å². The van der Waals surface area contributed by atoms with Crippen LogP contribution in [0.4, 0.5) is 16.2 Å². The minimum Gasteiger partial charge on any atom is -0.495 e. The summed E-state index contributed by atoms with van der Waals surface area (Å²) in [5, 5.41) is 15.0. The van der Waals surface area contributed by atoms with E-state index < -0.39 is 11.0 Å². The monoisotopic (exact) mass is 616 g/mol. The van der Waals surface area contributed by atoms with Crippen LogP contribution in [-0.2, 0) is 6.54 Å². The zero-order chi connectivity index (χ0) is 30.6. The third kappa shape index (κ3) is 6.48. The van der Waals surface area contributed by atoms with Crippen LogP contribution in [0.2, 0.25) is 10.0 Å². The Morgan fingerprint density at radius 3 is 2.48 bits per heavy atom. The topological polar surface area (TPSA) is 136 Å². The van der Waals surface area contributed by atoms with E-state index in [0.717, 1.165) is 25.7 Å². The standard InChI is InChI=1S/C29H34Cl2N6O5/c1-5-19-16-35(27-25(30)23(41-3)14-24(42-4)26(27)31)29(38)36(15-18-9-8-10-20(13-18)37(39)40)28(19)34-17(2)33-22-12-7-6-11-21(22)32/h5,8-10,13-14,21-22,33H,2,6-7,11-12,15-16,32H2,1,3-4H3/b19-5-,34-28?. The predicted octanol–water partition coefficient (Wildman–Crippen LogP) is 6.04. The number of nitro groups is 1. The molecule has 0 radical (unpaired) electrons. The molecule has 2 unspecified atom stereocenters. The van der Waals surface area contributed by atoms with Gasteiger partial charge in [-0.05, 0) is 25.3 Å². The lowest BCUT2D eigenvalue weighted by molar-refractivity contribution is -0.384. The van der Waals surface area contributed by atoms with E-state index in [2.05, 4.69) is 11.9 Å². The fourth-order valence-corrected chi connectivity index (χ4v) is 5.87. The van der Waals surface area contributed by atoms with Gasteiger partial charge in [0.05, 0.1) is 37.9 Å². The number of hydrogen-bond acceptors (Lipinski definition) is 8. The van der Waals surface area contributed by atoms with Crippen LogP contribution in [0.15, 0.2) is 59.4 Å². The number of halogens is 2. The van der Waals surface area contributed by atoms with Gasteiger partial charge in [0.15, 0.2) is 0 Å².